The topological polar surface area (TPSA) is 306 Å². The van der Waals surface area contributed by atoms with Crippen molar-refractivity contribution in [1.82, 2.24) is 31.9 Å². The highest BCUT2D eigenvalue weighted by Crippen LogP contribution is 2.38. The van der Waals surface area contributed by atoms with E-state index in [1.807, 2.05) is 18.2 Å². The average Bonchev–Trinajstić information content (AvgIpc) is 0.884. The highest BCUT2D eigenvalue weighted by molar-refractivity contribution is 5.71. The van der Waals surface area contributed by atoms with Crippen molar-refractivity contribution < 1.29 is 90.7 Å². The van der Waals surface area contributed by atoms with Gasteiger partial charge in [-0.1, -0.05) is 91.0 Å². The van der Waals surface area contributed by atoms with Crippen LogP contribution >= 0.6 is 0 Å². The van der Waals surface area contributed by atoms with Gasteiger partial charge in [-0.25, -0.2) is 28.8 Å². The van der Waals surface area contributed by atoms with E-state index < -0.39 is 145 Å². The molecule has 0 radical (unpaired) electrons. The predicted octanol–water partition coefficient (Wildman–Crippen LogP) is 7.66. The van der Waals surface area contributed by atoms with E-state index in [9.17, 15) is 33.9 Å². The number of rotatable bonds is 16. The first-order valence-corrected chi connectivity index (χ1v) is 29.0. The number of amides is 6. The van der Waals surface area contributed by atoms with E-state index in [1.165, 1.54) is 0 Å². The molecule has 14 atom stereocenters. The standard InChI is InChI=1S/C61H86N6O19/c1-58(2,3)83-52(69)62-31-38-28-29-39(63-55(72)84-59(4,5)6)50(78-38)80-46-41(65-56(73)85-60(7,8)9)30-40(64-53(70)76-32-35-22-16-13-17-23-35)47(45(46)68)81-51-44(67-57(74)86-61(10,11)12)43(66-54(71)77-33-36-24-18-14-19-25-36)48-42(79-51)34-75-49(82-48)37-26-20-15-21-27-37/h13-27,38-51,68H,28-34H2,1-12H3,(H,62,69)(H,63,72)(H,64,70)(H,65,73)(H,66,71)(H,67,74)/t38-,39+,40+,41-,42+,43+,44+,45-,46+,47-,48+,49?,50+,51+/m0/s1. The van der Waals surface area contributed by atoms with Crippen molar-refractivity contribution >= 4 is 36.6 Å². The fourth-order valence-corrected chi connectivity index (χ4v) is 9.95. The van der Waals surface area contributed by atoms with Gasteiger partial charge in [-0.15, -0.1) is 0 Å². The molecule has 1 unspecified atom stereocenters. The van der Waals surface area contributed by atoms with Gasteiger partial charge in [-0.2, -0.15) is 0 Å². The lowest BCUT2D eigenvalue weighted by Gasteiger charge is -2.52. The van der Waals surface area contributed by atoms with E-state index in [1.54, 1.807) is 156 Å². The SMILES string of the molecule is CC(C)(C)OC(=O)NC[C@@H]1CC[C@@H](NC(=O)OC(C)(C)C)[C@@H](O[C@H]2[C@H](O)[C@@H](O[C@H]3O[C@@H]4COC(c5ccccc5)O[C@H]4[C@H](NC(=O)OCc4ccccc4)[C@H]3NC(=O)OC(C)(C)C)[C@H](NC(=O)OCc3ccccc3)C[C@@H]2NC(=O)OC(C)(C)C)O1. The number of fused-ring (bicyclic) bond motifs is 1. The smallest absolute Gasteiger partial charge is 0.408 e. The maximum Gasteiger partial charge on any atom is 0.408 e. The Morgan fingerprint density at radius 3 is 1.47 bits per heavy atom. The van der Waals surface area contributed by atoms with Crippen molar-refractivity contribution in [3.8, 4) is 0 Å². The zero-order valence-electron chi connectivity index (χ0n) is 51.0. The van der Waals surface area contributed by atoms with E-state index in [4.69, 9.17) is 56.8 Å². The summed E-state index contributed by atoms with van der Waals surface area (Å²) in [6, 6.07) is 20.6. The molecule has 6 amide bonds. The van der Waals surface area contributed by atoms with Gasteiger partial charge in [-0.05, 0) is 113 Å². The van der Waals surface area contributed by atoms with Gasteiger partial charge in [0, 0.05) is 12.1 Å². The molecule has 3 heterocycles. The summed E-state index contributed by atoms with van der Waals surface area (Å²) in [4.78, 5) is 82.7. The molecule has 3 aliphatic heterocycles. The Labute approximate surface area is 502 Å². The van der Waals surface area contributed by atoms with Crippen molar-refractivity contribution in [3.63, 3.8) is 0 Å². The maximum absolute atomic E-state index is 14.2. The first kappa shape index (κ1) is 66.5. The molecule has 474 valence electrons. The van der Waals surface area contributed by atoms with E-state index in [-0.39, 0.29) is 45.6 Å². The maximum atomic E-state index is 14.2. The molecule has 4 aliphatic rings. The van der Waals surface area contributed by atoms with Crippen molar-refractivity contribution in [1.29, 1.82) is 0 Å². The number of hydrogen-bond acceptors (Lipinski definition) is 19. The lowest BCUT2D eigenvalue weighted by molar-refractivity contribution is -0.342. The molecule has 0 bridgehead atoms. The second-order valence-corrected chi connectivity index (χ2v) is 25.5. The van der Waals surface area contributed by atoms with Crippen LogP contribution in [0.5, 0.6) is 0 Å². The molecule has 25 heteroatoms. The van der Waals surface area contributed by atoms with Crippen LogP contribution in [0.15, 0.2) is 91.0 Å². The fraction of sp³-hybridized carbons (Fsp3) is 0.607. The largest absolute Gasteiger partial charge is 0.445 e. The molecule has 1 aliphatic carbocycles. The Morgan fingerprint density at radius 1 is 0.500 bits per heavy atom. The first-order chi connectivity index (χ1) is 40.4. The van der Waals surface area contributed by atoms with Crippen LogP contribution in [0.25, 0.3) is 0 Å². The minimum absolute atomic E-state index is 0.0642. The first-order valence-electron chi connectivity index (χ1n) is 29.0. The number of benzene rings is 3. The molecule has 0 aromatic heterocycles. The molecule has 7 rings (SSSR count). The number of carbonyl (C=O) groups is 6. The zero-order chi connectivity index (χ0) is 62.6. The summed E-state index contributed by atoms with van der Waals surface area (Å²) in [7, 11) is 0. The number of alkyl carbamates (subject to hydrolysis) is 6. The predicted molar refractivity (Wildman–Crippen MR) is 308 cm³/mol. The molecule has 3 aromatic rings. The number of ether oxygens (including phenoxy) is 12. The van der Waals surface area contributed by atoms with Crippen LogP contribution in [0, 0.1) is 0 Å². The molecule has 7 N–H and O–H groups in total. The van der Waals surface area contributed by atoms with Gasteiger partial charge in [0.1, 0.15) is 72.2 Å². The number of hydrogen-bond donors (Lipinski definition) is 7. The van der Waals surface area contributed by atoms with Gasteiger partial charge in [-0.3, -0.25) is 0 Å². The molecule has 1 saturated carbocycles. The highest BCUT2D eigenvalue weighted by Gasteiger charge is 2.56. The van der Waals surface area contributed by atoms with Gasteiger partial charge in [0.25, 0.3) is 0 Å². The normalized spacial score (nSPS) is 27.7. The van der Waals surface area contributed by atoms with E-state index in [2.05, 4.69) is 31.9 Å². The quantitative estimate of drug-likeness (QED) is 0.0677. The average molecular weight is 1210 g/mol. The minimum atomic E-state index is -1.92. The van der Waals surface area contributed by atoms with Gasteiger partial charge in [0.05, 0.1) is 36.9 Å². The monoisotopic (exact) mass is 1210 g/mol. The van der Waals surface area contributed by atoms with Crippen LogP contribution in [0.1, 0.15) is 125 Å². The highest BCUT2D eigenvalue weighted by atomic mass is 16.8. The number of nitrogens with one attached hydrogen (secondary N) is 6. The molecule has 4 fully saturated rings. The summed E-state index contributed by atoms with van der Waals surface area (Å²) in [6.45, 7) is 19.7. The van der Waals surface area contributed by atoms with Crippen LogP contribution < -0.4 is 31.9 Å². The summed E-state index contributed by atoms with van der Waals surface area (Å²) in [6.07, 6.45) is -17.2. The number of carbonyl (C=O) groups excluding carboxylic acids is 6. The summed E-state index contributed by atoms with van der Waals surface area (Å²) in [5, 5.41) is 30.1. The number of aliphatic hydroxyl groups is 1. The number of aliphatic hydroxyl groups excluding tert-OH is 1. The summed E-state index contributed by atoms with van der Waals surface area (Å²) >= 11 is 0. The third kappa shape index (κ3) is 20.9. The van der Waals surface area contributed by atoms with E-state index in [0.29, 0.717) is 16.7 Å². The third-order valence-corrected chi connectivity index (χ3v) is 13.5. The van der Waals surface area contributed by atoms with Crippen LogP contribution in [0.2, 0.25) is 0 Å². The molecule has 25 nitrogen and oxygen atoms in total. The lowest BCUT2D eigenvalue weighted by atomic mass is 9.83. The molecular formula is C61H86N6O19. The molecule has 3 saturated heterocycles. The van der Waals surface area contributed by atoms with Crippen LogP contribution in [-0.4, -0.2) is 157 Å². The van der Waals surface area contributed by atoms with Gasteiger partial charge in [0.2, 0.25) is 0 Å². The zero-order valence-corrected chi connectivity index (χ0v) is 51.0. The van der Waals surface area contributed by atoms with E-state index in [0.717, 1.165) is 0 Å². The minimum Gasteiger partial charge on any atom is -0.445 e. The molecule has 3 aromatic carbocycles. The van der Waals surface area contributed by atoms with Crippen LogP contribution in [-0.2, 0) is 70.1 Å². The van der Waals surface area contributed by atoms with Crippen molar-refractivity contribution in [2.45, 2.75) is 224 Å². The van der Waals surface area contributed by atoms with Crippen molar-refractivity contribution in [2.75, 3.05) is 13.2 Å². The van der Waals surface area contributed by atoms with Gasteiger partial charge in [0.15, 0.2) is 18.9 Å². The Balaban J connectivity index is 1.29. The Hall–Kier alpha value is -7.00. The summed E-state index contributed by atoms with van der Waals surface area (Å²) in [5.41, 5.74) is -1.80. The van der Waals surface area contributed by atoms with Gasteiger partial charge >= 0.3 is 36.6 Å². The summed E-state index contributed by atoms with van der Waals surface area (Å²) in [5.74, 6) is 0. The van der Waals surface area contributed by atoms with Crippen molar-refractivity contribution in [2.24, 2.45) is 0 Å². The van der Waals surface area contributed by atoms with Crippen LogP contribution in [0.3, 0.4) is 0 Å². The molecular weight excluding hydrogens is 1120 g/mol. The lowest BCUT2D eigenvalue weighted by Crippen LogP contribution is -2.73. The molecule has 86 heavy (non-hydrogen) atoms. The van der Waals surface area contributed by atoms with Gasteiger partial charge < -0.3 is 93.8 Å². The van der Waals surface area contributed by atoms with E-state index >= 15 is 0 Å². The Morgan fingerprint density at radius 2 is 0.942 bits per heavy atom. The third-order valence-electron chi connectivity index (χ3n) is 13.5. The Kier molecular flexibility index (Phi) is 22.5. The second kappa shape index (κ2) is 29.1. The fourth-order valence-electron chi connectivity index (χ4n) is 9.95. The molecule has 0 spiro atoms. The summed E-state index contributed by atoms with van der Waals surface area (Å²) < 4.78 is 74.0. The van der Waals surface area contributed by atoms with Crippen LogP contribution in [0.4, 0.5) is 28.8 Å². The Bertz CT molecular complexity index is 2700. The second-order valence-electron chi connectivity index (χ2n) is 25.5. The van der Waals surface area contributed by atoms with Crippen molar-refractivity contribution in [3.05, 3.63) is 108 Å².